The van der Waals surface area contributed by atoms with Gasteiger partial charge in [-0.1, -0.05) is 12.1 Å². The maximum absolute atomic E-state index is 12.5. The molecule has 7 heteroatoms. The number of amides is 1. The highest BCUT2D eigenvalue weighted by molar-refractivity contribution is 5.95. The van der Waals surface area contributed by atoms with Gasteiger partial charge in [-0.15, -0.1) is 0 Å². The summed E-state index contributed by atoms with van der Waals surface area (Å²) in [5.41, 5.74) is 3.23. The van der Waals surface area contributed by atoms with Crippen LogP contribution < -0.4 is 10.2 Å². The van der Waals surface area contributed by atoms with Crippen LogP contribution in [0.1, 0.15) is 16.8 Å². The molecule has 136 valence electrons. The van der Waals surface area contributed by atoms with Crippen molar-refractivity contribution in [3.63, 3.8) is 0 Å². The molecule has 2 aromatic rings. The fourth-order valence-electron chi connectivity index (χ4n) is 2.91. The largest absolute Gasteiger partial charge is 0.479 e. The number of hydrogen-bond acceptors (Lipinski definition) is 5. The van der Waals surface area contributed by atoms with E-state index in [0.717, 1.165) is 16.8 Å². The summed E-state index contributed by atoms with van der Waals surface area (Å²) < 4.78 is 5.15. The van der Waals surface area contributed by atoms with Crippen LogP contribution in [0.25, 0.3) is 11.1 Å². The highest BCUT2D eigenvalue weighted by atomic mass is 16.5. The van der Waals surface area contributed by atoms with E-state index in [9.17, 15) is 9.59 Å². The number of ether oxygens (including phenoxy) is 1. The molecule has 0 bridgehead atoms. The van der Waals surface area contributed by atoms with Gasteiger partial charge in [-0.25, -0.2) is 4.79 Å². The van der Waals surface area contributed by atoms with E-state index in [1.54, 1.807) is 12.3 Å². The number of aliphatic carboxylic acids is 1. The molecule has 0 aliphatic carbocycles. The smallest absolute Gasteiger partial charge is 0.334 e. The van der Waals surface area contributed by atoms with E-state index < -0.39 is 18.1 Å². The first-order valence-electron chi connectivity index (χ1n) is 8.34. The first-order valence-corrected chi connectivity index (χ1v) is 8.34. The molecule has 0 unspecified atom stereocenters. The van der Waals surface area contributed by atoms with Crippen molar-refractivity contribution < 1.29 is 19.4 Å². The summed E-state index contributed by atoms with van der Waals surface area (Å²) in [6.07, 6.45) is 2.63. The zero-order chi connectivity index (χ0) is 18.7. The summed E-state index contributed by atoms with van der Waals surface area (Å²) in [5, 5.41) is 11.9. The second-order valence-corrected chi connectivity index (χ2v) is 6.40. The van der Waals surface area contributed by atoms with Crippen LogP contribution in [-0.2, 0) is 9.53 Å². The average Bonchev–Trinajstić information content (AvgIpc) is 3.10. The maximum Gasteiger partial charge on any atom is 0.334 e. The van der Waals surface area contributed by atoms with Gasteiger partial charge in [-0.3, -0.25) is 9.78 Å². The number of nitrogens with zero attached hydrogens (tertiary/aromatic N) is 2. The molecule has 2 atom stereocenters. The van der Waals surface area contributed by atoms with Gasteiger partial charge in [0.25, 0.3) is 5.91 Å². The molecule has 3 rings (SSSR count). The minimum Gasteiger partial charge on any atom is -0.479 e. The fraction of sp³-hybridized carbons (Fsp3) is 0.316. The van der Waals surface area contributed by atoms with Gasteiger partial charge in [0.05, 0.1) is 11.6 Å². The Morgan fingerprint density at radius 2 is 1.92 bits per heavy atom. The molecule has 1 fully saturated rings. The van der Waals surface area contributed by atoms with E-state index in [4.69, 9.17) is 9.84 Å². The third-order valence-electron chi connectivity index (χ3n) is 4.37. The molecular formula is C19H21N3O4. The standard InChI is InChI=1S/C19H21N3O4/c1-22(2)15-5-3-12(4-6-15)13-9-14(11-20-10-13)18(23)21-16-7-8-26-17(16)19(24)25/h3-6,9-11,16-17H,7-8H2,1-2H3,(H,21,23)(H,24,25)/t16-,17+/m1/s1. The second-order valence-electron chi connectivity index (χ2n) is 6.40. The quantitative estimate of drug-likeness (QED) is 0.850. The van der Waals surface area contributed by atoms with Crippen LogP contribution in [0.4, 0.5) is 5.69 Å². The average molecular weight is 355 g/mol. The van der Waals surface area contributed by atoms with Crippen molar-refractivity contribution in [2.24, 2.45) is 0 Å². The van der Waals surface area contributed by atoms with Crippen molar-refractivity contribution >= 4 is 17.6 Å². The number of nitrogens with one attached hydrogen (secondary N) is 1. The molecule has 1 aromatic heterocycles. The third kappa shape index (κ3) is 3.83. The SMILES string of the molecule is CN(C)c1ccc(-c2cncc(C(=O)N[C@@H]3CCO[C@@H]3C(=O)O)c2)cc1. The third-order valence-corrected chi connectivity index (χ3v) is 4.37. The summed E-state index contributed by atoms with van der Waals surface area (Å²) in [6, 6.07) is 9.14. The lowest BCUT2D eigenvalue weighted by Gasteiger charge is -2.16. The van der Waals surface area contributed by atoms with Crippen LogP contribution in [0.2, 0.25) is 0 Å². The van der Waals surface area contributed by atoms with Crippen LogP contribution in [0.15, 0.2) is 42.7 Å². The van der Waals surface area contributed by atoms with Crippen LogP contribution in [0, 0.1) is 0 Å². The minimum absolute atomic E-state index is 0.318. The van der Waals surface area contributed by atoms with E-state index in [-0.39, 0.29) is 5.91 Å². The molecule has 7 nitrogen and oxygen atoms in total. The lowest BCUT2D eigenvalue weighted by atomic mass is 10.0. The fourth-order valence-corrected chi connectivity index (χ4v) is 2.91. The number of hydrogen-bond donors (Lipinski definition) is 2. The number of aromatic nitrogens is 1. The molecule has 0 radical (unpaired) electrons. The molecular weight excluding hydrogens is 334 g/mol. The Balaban J connectivity index is 1.76. The van der Waals surface area contributed by atoms with Crippen molar-refractivity contribution in [2.45, 2.75) is 18.6 Å². The number of carboxylic acids is 1. The van der Waals surface area contributed by atoms with Crippen molar-refractivity contribution in [2.75, 3.05) is 25.6 Å². The summed E-state index contributed by atoms with van der Waals surface area (Å²) in [4.78, 5) is 29.8. The zero-order valence-corrected chi connectivity index (χ0v) is 14.7. The molecule has 0 spiro atoms. The number of anilines is 1. The van der Waals surface area contributed by atoms with Crippen molar-refractivity contribution in [3.8, 4) is 11.1 Å². The number of rotatable bonds is 5. The molecule has 1 aromatic carbocycles. The van der Waals surface area contributed by atoms with Gasteiger partial charge in [-0.05, 0) is 30.2 Å². The Morgan fingerprint density at radius 3 is 2.58 bits per heavy atom. The normalized spacial score (nSPS) is 19.2. The molecule has 2 heterocycles. The highest BCUT2D eigenvalue weighted by Gasteiger charge is 2.35. The number of carbonyl (C=O) groups excluding carboxylic acids is 1. The zero-order valence-electron chi connectivity index (χ0n) is 14.7. The van der Waals surface area contributed by atoms with Crippen molar-refractivity contribution in [1.82, 2.24) is 10.3 Å². The molecule has 1 aliphatic rings. The number of benzene rings is 1. The lowest BCUT2D eigenvalue weighted by Crippen LogP contribution is -2.44. The van der Waals surface area contributed by atoms with Crippen molar-refractivity contribution in [1.29, 1.82) is 0 Å². The van der Waals surface area contributed by atoms with Gasteiger partial charge in [0.15, 0.2) is 6.10 Å². The van der Waals surface area contributed by atoms with Gasteiger partial charge in [0.2, 0.25) is 0 Å². The van der Waals surface area contributed by atoms with Crippen LogP contribution >= 0.6 is 0 Å². The number of pyridine rings is 1. The van der Waals surface area contributed by atoms with Gasteiger partial charge >= 0.3 is 5.97 Å². The molecule has 1 aliphatic heterocycles. The number of carboxylic acid groups (broad SMARTS) is 1. The first-order chi connectivity index (χ1) is 12.5. The van der Waals surface area contributed by atoms with Crippen LogP contribution in [0.3, 0.4) is 0 Å². The second kappa shape index (κ2) is 7.53. The van der Waals surface area contributed by atoms with E-state index in [0.29, 0.717) is 18.6 Å². The van der Waals surface area contributed by atoms with E-state index >= 15 is 0 Å². The molecule has 1 amide bonds. The molecule has 26 heavy (non-hydrogen) atoms. The maximum atomic E-state index is 12.5. The summed E-state index contributed by atoms with van der Waals surface area (Å²) in [5.74, 6) is -1.42. The van der Waals surface area contributed by atoms with Crippen LogP contribution in [-0.4, -0.2) is 54.8 Å². The Hall–Kier alpha value is -2.93. The summed E-state index contributed by atoms with van der Waals surface area (Å²) in [7, 11) is 3.94. The first kappa shape index (κ1) is 17.9. The van der Waals surface area contributed by atoms with Gasteiger partial charge < -0.3 is 20.1 Å². The predicted octanol–water partition coefficient (Wildman–Crippen LogP) is 1.79. The Kier molecular flexibility index (Phi) is 5.18. The van der Waals surface area contributed by atoms with E-state index in [2.05, 4.69) is 10.3 Å². The Bertz CT molecular complexity index is 805. The van der Waals surface area contributed by atoms with Crippen LogP contribution in [0.5, 0.6) is 0 Å². The van der Waals surface area contributed by atoms with E-state index in [1.165, 1.54) is 6.20 Å². The Labute approximate surface area is 151 Å². The highest BCUT2D eigenvalue weighted by Crippen LogP contribution is 2.23. The van der Waals surface area contributed by atoms with E-state index in [1.807, 2.05) is 43.3 Å². The topological polar surface area (TPSA) is 91.8 Å². The van der Waals surface area contributed by atoms with Gasteiger partial charge in [-0.2, -0.15) is 0 Å². The number of carbonyl (C=O) groups is 2. The summed E-state index contributed by atoms with van der Waals surface area (Å²) >= 11 is 0. The molecule has 2 N–H and O–H groups in total. The summed E-state index contributed by atoms with van der Waals surface area (Å²) in [6.45, 7) is 0.318. The predicted molar refractivity (Wildman–Crippen MR) is 97.2 cm³/mol. The lowest BCUT2D eigenvalue weighted by molar-refractivity contribution is -0.148. The van der Waals surface area contributed by atoms with Gasteiger partial charge in [0.1, 0.15) is 0 Å². The molecule has 1 saturated heterocycles. The monoisotopic (exact) mass is 355 g/mol. The Morgan fingerprint density at radius 1 is 1.19 bits per heavy atom. The minimum atomic E-state index is -1.07. The van der Waals surface area contributed by atoms with Crippen molar-refractivity contribution in [3.05, 3.63) is 48.3 Å². The van der Waals surface area contributed by atoms with Gasteiger partial charge in [0, 0.05) is 44.3 Å². The molecule has 0 saturated carbocycles.